The third-order valence-electron chi connectivity index (χ3n) is 2.30. The fourth-order valence-electron chi connectivity index (χ4n) is 1.39. The third-order valence-corrected chi connectivity index (χ3v) is 2.30. The van der Waals surface area contributed by atoms with E-state index in [1.807, 2.05) is 0 Å². The van der Waals surface area contributed by atoms with Crippen LogP contribution in [-0.4, -0.2) is 5.91 Å². The number of rotatable bonds is 5. The fourth-order valence-corrected chi connectivity index (χ4v) is 1.39. The molecule has 0 radical (unpaired) electrons. The molecule has 4 heteroatoms. The highest BCUT2D eigenvalue weighted by Gasteiger charge is 2.05. The second kappa shape index (κ2) is 6.10. The molecule has 0 unspecified atom stereocenters. The van der Waals surface area contributed by atoms with Gasteiger partial charge in [-0.1, -0.05) is 19.8 Å². The van der Waals surface area contributed by atoms with E-state index in [0.717, 1.165) is 19.3 Å². The molecule has 0 aromatic heterocycles. The maximum atomic E-state index is 12.9. The minimum atomic E-state index is -0.405. The predicted octanol–water partition coefficient (Wildman–Crippen LogP) is 2.93. The summed E-state index contributed by atoms with van der Waals surface area (Å²) in [5.41, 5.74) is 6.34. The molecule has 1 aromatic carbocycles. The summed E-state index contributed by atoms with van der Waals surface area (Å²) >= 11 is 0. The molecule has 0 atom stereocenters. The fraction of sp³-hybridized carbons (Fsp3) is 0.417. The molecule has 3 nitrogen and oxygen atoms in total. The summed E-state index contributed by atoms with van der Waals surface area (Å²) < 4.78 is 12.9. The molecule has 0 spiro atoms. The summed E-state index contributed by atoms with van der Waals surface area (Å²) in [6.07, 6.45) is 3.38. The maximum absolute atomic E-state index is 12.9. The van der Waals surface area contributed by atoms with E-state index in [1.54, 1.807) is 0 Å². The quantitative estimate of drug-likeness (QED) is 0.596. The van der Waals surface area contributed by atoms with Gasteiger partial charge < -0.3 is 11.1 Å². The van der Waals surface area contributed by atoms with Crippen LogP contribution in [0.15, 0.2) is 18.2 Å². The Morgan fingerprint density at radius 2 is 2.19 bits per heavy atom. The van der Waals surface area contributed by atoms with E-state index in [-0.39, 0.29) is 5.91 Å². The number of carbonyl (C=O) groups is 1. The minimum absolute atomic E-state index is 0.120. The van der Waals surface area contributed by atoms with Crippen LogP contribution in [0.3, 0.4) is 0 Å². The highest BCUT2D eigenvalue weighted by Crippen LogP contribution is 2.19. The van der Waals surface area contributed by atoms with E-state index in [0.29, 0.717) is 17.8 Å². The van der Waals surface area contributed by atoms with Gasteiger partial charge in [-0.3, -0.25) is 4.79 Å². The van der Waals surface area contributed by atoms with E-state index in [1.165, 1.54) is 18.2 Å². The molecule has 0 bridgehead atoms. The average molecular weight is 224 g/mol. The number of hydrogen-bond acceptors (Lipinski definition) is 2. The van der Waals surface area contributed by atoms with Crippen LogP contribution in [-0.2, 0) is 4.79 Å². The lowest BCUT2D eigenvalue weighted by molar-refractivity contribution is -0.116. The van der Waals surface area contributed by atoms with Gasteiger partial charge in [-0.2, -0.15) is 0 Å². The van der Waals surface area contributed by atoms with Crippen molar-refractivity contribution in [2.45, 2.75) is 32.6 Å². The molecule has 0 aliphatic heterocycles. The lowest BCUT2D eigenvalue weighted by atomic mass is 10.2. The zero-order valence-corrected chi connectivity index (χ0v) is 9.42. The van der Waals surface area contributed by atoms with Gasteiger partial charge in [0.25, 0.3) is 0 Å². The topological polar surface area (TPSA) is 55.1 Å². The van der Waals surface area contributed by atoms with Crippen LogP contribution in [0.1, 0.15) is 32.6 Å². The van der Waals surface area contributed by atoms with Crippen molar-refractivity contribution >= 4 is 17.3 Å². The Hall–Kier alpha value is -1.58. The molecule has 0 saturated carbocycles. The number of amides is 1. The zero-order valence-electron chi connectivity index (χ0n) is 9.42. The van der Waals surface area contributed by atoms with Crippen LogP contribution >= 0.6 is 0 Å². The largest absolute Gasteiger partial charge is 0.397 e. The average Bonchev–Trinajstić information content (AvgIpc) is 2.24. The Balaban J connectivity index is 2.52. The normalized spacial score (nSPS) is 10.1. The summed E-state index contributed by atoms with van der Waals surface area (Å²) in [4.78, 5) is 11.5. The summed E-state index contributed by atoms with van der Waals surface area (Å²) in [7, 11) is 0. The lowest BCUT2D eigenvalue weighted by Crippen LogP contribution is -2.12. The van der Waals surface area contributed by atoms with Crippen molar-refractivity contribution in [3.05, 3.63) is 24.0 Å². The van der Waals surface area contributed by atoms with Crippen LogP contribution in [0.2, 0.25) is 0 Å². The number of hydrogen-bond donors (Lipinski definition) is 2. The number of anilines is 2. The van der Waals surface area contributed by atoms with Gasteiger partial charge in [-0.15, -0.1) is 0 Å². The molecule has 16 heavy (non-hydrogen) atoms. The van der Waals surface area contributed by atoms with Crippen LogP contribution in [0.5, 0.6) is 0 Å². The second-order valence-electron chi connectivity index (χ2n) is 3.74. The molecule has 0 aliphatic carbocycles. The van der Waals surface area contributed by atoms with Crippen LogP contribution in [0.25, 0.3) is 0 Å². The summed E-state index contributed by atoms with van der Waals surface area (Å²) in [5, 5.41) is 2.61. The van der Waals surface area contributed by atoms with Gasteiger partial charge in [0, 0.05) is 6.42 Å². The van der Waals surface area contributed by atoms with Crippen LogP contribution in [0.4, 0.5) is 15.8 Å². The number of nitrogen functional groups attached to an aromatic ring is 1. The second-order valence-corrected chi connectivity index (χ2v) is 3.74. The minimum Gasteiger partial charge on any atom is -0.397 e. The van der Waals surface area contributed by atoms with Crippen molar-refractivity contribution in [2.75, 3.05) is 11.1 Å². The Bertz CT molecular complexity index is 366. The number of nitrogens with two attached hydrogens (primary N) is 1. The molecule has 1 rings (SSSR count). The van der Waals surface area contributed by atoms with Crippen molar-refractivity contribution in [3.63, 3.8) is 0 Å². The van der Waals surface area contributed by atoms with Crippen LogP contribution in [0, 0.1) is 5.82 Å². The van der Waals surface area contributed by atoms with Gasteiger partial charge in [0.2, 0.25) is 5.91 Å². The maximum Gasteiger partial charge on any atom is 0.224 e. The molecule has 0 aliphatic rings. The first kappa shape index (κ1) is 12.5. The number of unbranched alkanes of at least 4 members (excludes halogenated alkanes) is 2. The van der Waals surface area contributed by atoms with E-state index in [2.05, 4.69) is 12.2 Å². The first-order chi connectivity index (χ1) is 7.63. The smallest absolute Gasteiger partial charge is 0.224 e. The van der Waals surface area contributed by atoms with Crippen molar-refractivity contribution < 1.29 is 9.18 Å². The first-order valence-corrected chi connectivity index (χ1v) is 5.48. The van der Waals surface area contributed by atoms with Gasteiger partial charge in [-0.25, -0.2) is 4.39 Å². The predicted molar refractivity (Wildman–Crippen MR) is 63.6 cm³/mol. The van der Waals surface area contributed by atoms with E-state index in [9.17, 15) is 9.18 Å². The number of benzene rings is 1. The summed E-state index contributed by atoms with van der Waals surface area (Å²) in [6, 6.07) is 3.94. The van der Waals surface area contributed by atoms with Gasteiger partial charge >= 0.3 is 0 Å². The lowest BCUT2D eigenvalue weighted by Gasteiger charge is -2.07. The molecule has 0 heterocycles. The van der Waals surface area contributed by atoms with Gasteiger partial charge in [-0.05, 0) is 24.6 Å². The molecule has 3 N–H and O–H groups in total. The van der Waals surface area contributed by atoms with Crippen molar-refractivity contribution in [2.24, 2.45) is 0 Å². The monoisotopic (exact) mass is 224 g/mol. The molecular formula is C12H17FN2O. The molecule has 0 saturated heterocycles. The SMILES string of the molecule is CCCCCC(=O)Nc1cc(F)ccc1N. The highest BCUT2D eigenvalue weighted by molar-refractivity contribution is 5.93. The molecule has 0 fully saturated rings. The van der Waals surface area contributed by atoms with Gasteiger partial charge in [0.15, 0.2) is 0 Å². The van der Waals surface area contributed by atoms with Gasteiger partial charge in [0.05, 0.1) is 11.4 Å². The zero-order chi connectivity index (χ0) is 12.0. The van der Waals surface area contributed by atoms with Crippen molar-refractivity contribution in [1.82, 2.24) is 0 Å². The summed E-state index contributed by atoms with van der Waals surface area (Å²) in [6.45, 7) is 2.07. The number of nitrogens with one attached hydrogen (secondary N) is 1. The van der Waals surface area contributed by atoms with Crippen molar-refractivity contribution in [1.29, 1.82) is 0 Å². The number of carbonyl (C=O) groups excluding carboxylic acids is 1. The molecule has 1 aromatic rings. The van der Waals surface area contributed by atoms with Gasteiger partial charge in [0.1, 0.15) is 5.82 Å². The molecular weight excluding hydrogens is 207 g/mol. The van der Waals surface area contributed by atoms with E-state index >= 15 is 0 Å². The Morgan fingerprint density at radius 1 is 1.44 bits per heavy atom. The van der Waals surface area contributed by atoms with Crippen LogP contribution < -0.4 is 11.1 Å². The standard InChI is InChI=1S/C12H17FN2O/c1-2-3-4-5-12(16)15-11-8-9(13)6-7-10(11)14/h6-8H,2-5,14H2,1H3,(H,15,16). The summed E-state index contributed by atoms with van der Waals surface area (Å²) in [5.74, 6) is -0.524. The Labute approximate surface area is 94.8 Å². The Kier molecular flexibility index (Phi) is 4.76. The third kappa shape index (κ3) is 3.88. The molecule has 1 amide bonds. The number of halogens is 1. The van der Waals surface area contributed by atoms with E-state index < -0.39 is 5.82 Å². The van der Waals surface area contributed by atoms with E-state index in [4.69, 9.17) is 5.73 Å². The van der Waals surface area contributed by atoms with Crippen molar-refractivity contribution in [3.8, 4) is 0 Å². The first-order valence-electron chi connectivity index (χ1n) is 5.48. The Morgan fingerprint density at radius 3 is 2.88 bits per heavy atom. The highest BCUT2D eigenvalue weighted by atomic mass is 19.1. The molecule has 88 valence electrons.